The van der Waals surface area contributed by atoms with Crippen LogP contribution in [0.2, 0.25) is 0 Å². The van der Waals surface area contributed by atoms with E-state index in [0.717, 1.165) is 0 Å². The van der Waals surface area contributed by atoms with Crippen LogP contribution < -0.4 is 0 Å². The van der Waals surface area contributed by atoms with Crippen molar-refractivity contribution in [1.29, 1.82) is 0 Å². The number of rotatable bonds is 3. The van der Waals surface area contributed by atoms with Crippen LogP contribution >= 0.6 is 0 Å². The van der Waals surface area contributed by atoms with Crippen LogP contribution in [0.3, 0.4) is 0 Å². The summed E-state index contributed by atoms with van der Waals surface area (Å²) in [6.45, 7) is 0. The lowest BCUT2D eigenvalue weighted by molar-refractivity contribution is 0.216. The van der Waals surface area contributed by atoms with Gasteiger partial charge in [-0.15, -0.1) is 9.81 Å². The van der Waals surface area contributed by atoms with Gasteiger partial charge in [0.05, 0.1) is 0 Å². The smallest absolute Gasteiger partial charge is 0.177 e. The molecular formula is C8H11N3O2. The second kappa shape index (κ2) is 3.57. The van der Waals surface area contributed by atoms with E-state index >= 15 is 0 Å². The summed E-state index contributed by atoms with van der Waals surface area (Å²) < 4.78 is 0. The second-order valence-corrected chi connectivity index (χ2v) is 3.12. The summed E-state index contributed by atoms with van der Waals surface area (Å²) in [5, 5.41) is 5.82. The molecule has 0 heterocycles. The van der Waals surface area contributed by atoms with Gasteiger partial charge in [-0.25, -0.2) is 0 Å². The molecule has 0 spiro atoms. The Labute approximate surface area is 76.1 Å². The molecule has 0 aromatic heterocycles. The lowest BCUT2D eigenvalue weighted by atomic mass is 9.99. The molecule has 1 atom stereocenters. The van der Waals surface area contributed by atoms with Gasteiger partial charge in [0.25, 0.3) is 0 Å². The van der Waals surface area contributed by atoms with Gasteiger partial charge in [-0.3, -0.25) is 4.90 Å². The lowest BCUT2D eigenvalue weighted by Crippen LogP contribution is -2.40. The minimum absolute atomic E-state index is 0.348. The zero-order valence-corrected chi connectivity index (χ0v) is 7.60. The molecule has 0 aromatic rings. The fourth-order valence-corrected chi connectivity index (χ4v) is 1.16. The summed E-state index contributed by atoms with van der Waals surface area (Å²) >= 11 is 0. The largest absolute Gasteiger partial charge is 0.279 e. The summed E-state index contributed by atoms with van der Waals surface area (Å²) in [5.41, 5.74) is -0.505. The third kappa shape index (κ3) is 1.70. The van der Waals surface area contributed by atoms with Gasteiger partial charge in [0.2, 0.25) is 0 Å². The van der Waals surface area contributed by atoms with E-state index in [2.05, 4.69) is 10.4 Å². The number of allylic oxidation sites excluding steroid dienone is 1. The third-order valence-corrected chi connectivity index (χ3v) is 2.17. The Kier molecular flexibility index (Phi) is 2.67. The zero-order valence-electron chi connectivity index (χ0n) is 7.60. The SMILES string of the molecule is CN(C)C1(N=O)C=CC(N=O)=CC1. The first kappa shape index (κ1) is 9.73. The Morgan fingerprint density at radius 3 is 2.46 bits per heavy atom. The fraction of sp³-hybridized carbons (Fsp3) is 0.500. The lowest BCUT2D eigenvalue weighted by Gasteiger charge is -2.30. The number of nitrogens with zero attached hydrogens (tertiary/aromatic N) is 3. The Hall–Kier alpha value is -1.36. The second-order valence-electron chi connectivity index (χ2n) is 3.12. The van der Waals surface area contributed by atoms with Crippen LogP contribution in [0, 0.1) is 9.81 Å². The Balaban J connectivity index is 2.89. The minimum atomic E-state index is -0.853. The van der Waals surface area contributed by atoms with Crippen LogP contribution in [-0.4, -0.2) is 24.7 Å². The molecule has 0 aliphatic heterocycles. The van der Waals surface area contributed by atoms with Crippen molar-refractivity contribution in [2.75, 3.05) is 14.1 Å². The molecule has 0 saturated carbocycles. The van der Waals surface area contributed by atoms with Gasteiger partial charge in [-0.2, -0.15) is 0 Å². The zero-order chi connectivity index (χ0) is 9.90. The molecule has 0 aromatic carbocycles. The van der Waals surface area contributed by atoms with Crippen LogP contribution in [0.1, 0.15) is 6.42 Å². The molecule has 0 radical (unpaired) electrons. The van der Waals surface area contributed by atoms with Crippen molar-refractivity contribution in [3.05, 3.63) is 33.7 Å². The summed E-state index contributed by atoms with van der Waals surface area (Å²) in [6.07, 6.45) is 5.10. The van der Waals surface area contributed by atoms with E-state index in [1.807, 2.05) is 0 Å². The Morgan fingerprint density at radius 1 is 1.46 bits per heavy atom. The molecule has 5 nitrogen and oxygen atoms in total. The molecule has 70 valence electrons. The molecular weight excluding hydrogens is 170 g/mol. The monoisotopic (exact) mass is 181 g/mol. The highest BCUT2D eigenvalue weighted by molar-refractivity contribution is 5.27. The van der Waals surface area contributed by atoms with Crippen LogP contribution in [0.5, 0.6) is 0 Å². The average molecular weight is 181 g/mol. The van der Waals surface area contributed by atoms with Crippen molar-refractivity contribution in [2.24, 2.45) is 10.4 Å². The number of hydrogen-bond acceptors (Lipinski definition) is 5. The van der Waals surface area contributed by atoms with E-state index in [1.165, 1.54) is 6.08 Å². The number of hydrogen-bond donors (Lipinski definition) is 0. The normalized spacial score (nSPS) is 27.2. The summed E-state index contributed by atoms with van der Waals surface area (Å²) in [4.78, 5) is 22.5. The van der Waals surface area contributed by atoms with Gasteiger partial charge in [0.1, 0.15) is 5.70 Å². The molecule has 0 saturated heterocycles. The highest BCUT2D eigenvalue weighted by atomic mass is 16.3. The van der Waals surface area contributed by atoms with Gasteiger partial charge in [0, 0.05) is 6.42 Å². The average Bonchev–Trinajstić information content (AvgIpc) is 2.17. The van der Waals surface area contributed by atoms with Gasteiger partial charge < -0.3 is 0 Å². The molecule has 1 unspecified atom stereocenters. The molecule has 0 amide bonds. The Bertz CT molecular complexity index is 283. The first-order valence-corrected chi connectivity index (χ1v) is 3.89. The standard InChI is InChI=1S/C8H11N3O2/c1-11(2)8(10-13)5-3-7(9-12)4-6-8/h3-5H,6H2,1-2H3. The van der Waals surface area contributed by atoms with Crippen molar-refractivity contribution >= 4 is 0 Å². The molecule has 1 rings (SSSR count). The summed E-state index contributed by atoms with van der Waals surface area (Å²) in [5.74, 6) is 0. The van der Waals surface area contributed by atoms with E-state index in [4.69, 9.17) is 0 Å². The van der Waals surface area contributed by atoms with Crippen LogP contribution in [0.4, 0.5) is 0 Å². The molecule has 13 heavy (non-hydrogen) atoms. The topological polar surface area (TPSA) is 62.1 Å². The summed E-state index contributed by atoms with van der Waals surface area (Å²) in [6, 6.07) is 0. The molecule has 1 aliphatic rings. The predicted molar refractivity (Wildman–Crippen MR) is 49.8 cm³/mol. The maximum Gasteiger partial charge on any atom is 0.177 e. The van der Waals surface area contributed by atoms with Crippen molar-refractivity contribution < 1.29 is 0 Å². The van der Waals surface area contributed by atoms with Crippen LogP contribution in [0.15, 0.2) is 34.3 Å². The number of likely N-dealkylation sites (N-methyl/N-ethyl adjacent to an activating group) is 1. The van der Waals surface area contributed by atoms with Gasteiger partial charge >= 0.3 is 0 Å². The van der Waals surface area contributed by atoms with E-state index in [0.29, 0.717) is 12.1 Å². The Morgan fingerprint density at radius 2 is 2.15 bits per heavy atom. The van der Waals surface area contributed by atoms with E-state index in [-0.39, 0.29) is 0 Å². The van der Waals surface area contributed by atoms with Crippen molar-refractivity contribution in [3.63, 3.8) is 0 Å². The molecule has 1 aliphatic carbocycles. The molecule has 0 N–H and O–H groups in total. The van der Waals surface area contributed by atoms with E-state index < -0.39 is 5.66 Å². The molecule has 0 fully saturated rings. The third-order valence-electron chi connectivity index (χ3n) is 2.17. The van der Waals surface area contributed by atoms with Crippen LogP contribution in [0.25, 0.3) is 0 Å². The minimum Gasteiger partial charge on any atom is -0.279 e. The highest BCUT2D eigenvalue weighted by Crippen LogP contribution is 2.26. The van der Waals surface area contributed by atoms with E-state index in [1.54, 1.807) is 31.1 Å². The first-order chi connectivity index (χ1) is 6.14. The maximum absolute atomic E-state index is 10.6. The highest BCUT2D eigenvalue weighted by Gasteiger charge is 2.32. The van der Waals surface area contributed by atoms with E-state index in [9.17, 15) is 9.81 Å². The van der Waals surface area contributed by atoms with Crippen LogP contribution in [-0.2, 0) is 0 Å². The maximum atomic E-state index is 10.6. The fourth-order valence-electron chi connectivity index (χ4n) is 1.16. The van der Waals surface area contributed by atoms with Gasteiger partial charge in [-0.05, 0) is 36.6 Å². The number of nitroso groups, excluding NO2 is 2. The quantitative estimate of drug-likeness (QED) is 0.621. The predicted octanol–water partition coefficient (Wildman–Crippen LogP) is 1.62. The van der Waals surface area contributed by atoms with Crippen molar-refractivity contribution in [1.82, 2.24) is 4.90 Å². The first-order valence-electron chi connectivity index (χ1n) is 3.89. The van der Waals surface area contributed by atoms with Crippen molar-refractivity contribution in [2.45, 2.75) is 12.1 Å². The molecule has 0 bridgehead atoms. The molecule has 5 heteroatoms. The summed E-state index contributed by atoms with van der Waals surface area (Å²) in [7, 11) is 3.53. The van der Waals surface area contributed by atoms with Gasteiger partial charge in [-0.1, -0.05) is 6.08 Å². The van der Waals surface area contributed by atoms with Crippen molar-refractivity contribution in [3.8, 4) is 0 Å². The van der Waals surface area contributed by atoms with Gasteiger partial charge in [0.15, 0.2) is 5.66 Å².